The van der Waals surface area contributed by atoms with Gasteiger partial charge in [-0.1, -0.05) is 0 Å². The third-order valence-electron chi connectivity index (χ3n) is 3.99. The Morgan fingerprint density at radius 2 is 2.11 bits per heavy atom. The van der Waals surface area contributed by atoms with Gasteiger partial charge in [-0.25, -0.2) is 0 Å². The summed E-state index contributed by atoms with van der Waals surface area (Å²) in [6, 6.07) is 4.68. The molecule has 1 saturated carbocycles. The monoisotopic (exact) mass is 250 g/mol. The van der Waals surface area contributed by atoms with Gasteiger partial charge >= 0.3 is 0 Å². The van der Waals surface area contributed by atoms with E-state index >= 15 is 0 Å². The van der Waals surface area contributed by atoms with Crippen molar-refractivity contribution in [2.24, 2.45) is 5.92 Å². The summed E-state index contributed by atoms with van der Waals surface area (Å²) in [5.74, 6) is 2.35. The number of nitrogens with one attached hydrogen (secondary N) is 1. The molecular formula is C14H22N2O2. The van der Waals surface area contributed by atoms with Crippen molar-refractivity contribution in [3.63, 3.8) is 0 Å². The SMILES string of the molecule is OCc1ccc(CNCC2CCN(C3CC3)C2)o1. The molecule has 0 spiro atoms. The van der Waals surface area contributed by atoms with Gasteiger partial charge in [-0.15, -0.1) is 0 Å². The Bertz CT molecular complexity index is 387. The van der Waals surface area contributed by atoms with Crippen molar-refractivity contribution in [3.8, 4) is 0 Å². The number of furan rings is 1. The highest BCUT2D eigenvalue weighted by Gasteiger charge is 2.33. The molecule has 1 aromatic heterocycles. The predicted octanol–water partition coefficient (Wildman–Crippen LogP) is 1.35. The molecular weight excluding hydrogens is 228 g/mol. The van der Waals surface area contributed by atoms with Crippen LogP contribution < -0.4 is 5.32 Å². The van der Waals surface area contributed by atoms with E-state index in [1.807, 2.05) is 12.1 Å². The molecule has 100 valence electrons. The van der Waals surface area contributed by atoms with Crippen molar-refractivity contribution in [3.05, 3.63) is 23.7 Å². The van der Waals surface area contributed by atoms with Crippen LogP contribution in [0.25, 0.3) is 0 Å². The molecule has 1 aliphatic carbocycles. The third-order valence-corrected chi connectivity index (χ3v) is 3.99. The van der Waals surface area contributed by atoms with Gasteiger partial charge in [0, 0.05) is 12.6 Å². The second-order valence-corrected chi connectivity index (χ2v) is 5.54. The number of rotatable bonds is 6. The van der Waals surface area contributed by atoms with Crippen molar-refractivity contribution >= 4 is 0 Å². The van der Waals surface area contributed by atoms with Gasteiger partial charge in [0.05, 0.1) is 6.54 Å². The number of aliphatic hydroxyl groups is 1. The largest absolute Gasteiger partial charge is 0.462 e. The van der Waals surface area contributed by atoms with E-state index in [1.54, 1.807) is 0 Å². The Kier molecular flexibility index (Phi) is 3.68. The Balaban J connectivity index is 1.37. The summed E-state index contributed by atoms with van der Waals surface area (Å²) in [6.07, 6.45) is 4.15. The second kappa shape index (κ2) is 5.43. The quantitative estimate of drug-likeness (QED) is 0.800. The van der Waals surface area contributed by atoms with E-state index in [4.69, 9.17) is 9.52 Å². The Labute approximate surface area is 108 Å². The first-order chi connectivity index (χ1) is 8.85. The molecule has 18 heavy (non-hydrogen) atoms. The van der Waals surface area contributed by atoms with Crippen LogP contribution in [0.4, 0.5) is 0 Å². The van der Waals surface area contributed by atoms with Crippen molar-refractivity contribution < 1.29 is 9.52 Å². The summed E-state index contributed by atoms with van der Waals surface area (Å²) >= 11 is 0. The number of hydrogen-bond acceptors (Lipinski definition) is 4. The minimum absolute atomic E-state index is 0.0149. The average Bonchev–Trinajstić information content (AvgIpc) is 2.96. The molecule has 2 fully saturated rings. The van der Waals surface area contributed by atoms with Crippen LogP contribution in [-0.2, 0) is 13.2 Å². The fourth-order valence-corrected chi connectivity index (χ4v) is 2.80. The molecule has 4 heteroatoms. The molecule has 1 unspecified atom stereocenters. The maximum absolute atomic E-state index is 8.92. The van der Waals surface area contributed by atoms with Crippen LogP contribution in [-0.4, -0.2) is 35.7 Å². The van der Waals surface area contributed by atoms with Crippen molar-refractivity contribution in [1.29, 1.82) is 0 Å². The number of likely N-dealkylation sites (tertiary alicyclic amines) is 1. The zero-order valence-electron chi connectivity index (χ0n) is 10.8. The fraction of sp³-hybridized carbons (Fsp3) is 0.714. The number of hydrogen-bond donors (Lipinski definition) is 2. The zero-order chi connectivity index (χ0) is 12.4. The van der Waals surface area contributed by atoms with E-state index in [0.29, 0.717) is 5.76 Å². The summed E-state index contributed by atoms with van der Waals surface area (Å²) in [6.45, 7) is 4.36. The van der Waals surface area contributed by atoms with Crippen molar-refractivity contribution in [2.45, 2.75) is 38.5 Å². The highest BCUT2D eigenvalue weighted by Crippen LogP contribution is 2.31. The lowest BCUT2D eigenvalue weighted by atomic mass is 10.1. The maximum atomic E-state index is 8.92. The molecule has 0 aromatic carbocycles. The third kappa shape index (κ3) is 2.94. The standard InChI is InChI=1S/C14H22N2O2/c17-10-14-4-3-13(18-14)8-15-7-11-5-6-16(9-11)12-1-2-12/h3-4,11-12,15,17H,1-2,5-10H2. The first kappa shape index (κ1) is 12.2. The van der Waals surface area contributed by atoms with Crippen LogP contribution in [0, 0.1) is 5.92 Å². The number of nitrogens with zero attached hydrogens (tertiary/aromatic N) is 1. The summed E-state index contributed by atoms with van der Waals surface area (Å²) in [5.41, 5.74) is 0. The smallest absolute Gasteiger partial charge is 0.129 e. The van der Waals surface area contributed by atoms with Gasteiger partial charge < -0.3 is 19.7 Å². The van der Waals surface area contributed by atoms with E-state index in [2.05, 4.69) is 10.2 Å². The molecule has 3 rings (SSSR count). The molecule has 2 aliphatic rings. The molecule has 0 radical (unpaired) electrons. The van der Waals surface area contributed by atoms with Crippen LogP contribution in [0.5, 0.6) is 0 Å². The highest BCUT2D eigenvalue weighted by molar-refractivity contribution is 5.06. The van der Waals surface area contributed by atoms with Crippen LogP contribution in [0.15, 0.2) is 16.5 Å². The molecule has 1 aliphatic heterocycles. The molecule has 4 nitrogen and oxygen atoms in total. The van der Waals surface area contributed by atoms with Crippen LogP contribution in [0.2, 0.25) is 0 Å². The zero-order valence-corrected chi connectivity index (χ0v) is 10.8. The molecule has 0 bridgehead atoms. The summed E-state index contributed by atoms with van der Waals surface area (Å²) in [5, 5.41) is 12.4. The van der Waals surface area contributed by atoms with E-state index in [0.717, 1.165) is 30.8 Å². The van der Waals surface area contributed by atoms with Gasteiger partial charge in [0.2, 0.25) is 0 Å². The molecule has 1 atom stereocenters. The van der Waals surface area contributed by atoms with Gasteiger partial charge in [-0.3, -0.25) is 0 Å². The van der Waals surface area contributed by atoms with Crippen molar-refractivity contribution in [2.75, 3.05) is 19.6 Å². The topological polar surface area (TPSA) is 48.6 Å². The minimum atomic E-state index is -0.0149. The van der Waals surface area contributed by atoms with Gasteiger partial charge in [-0.05, 0) is 50.4 Å². The van der Waals surface area contributed by atoms with E-state index in [9.17, 15) is 0 Å². The van der Waals surface area contributed by atoms with E-state index in [1.165, 1.54) is 32.4 Å². The van der Waals surface area contributed by atoms with E-state index in [-0.39, 0.29) is 6.61 Å². The number of aliphatic hydroxyl groups excluding tert-OH is 1. The lowest BCUT2D eigenvalue weighted by molar-refractivity contribution is 0.242. The molecule has 2 N–H and O–H groups in total. The molecule has 1 saturated heterocycles. The van der Waals surface area contributed by atoms with Gasteiger partial charge in [0.1, 0.15) is 18.1 Å². The lowest BCUT2D eigenvalue weighted by Crippen LogP contribution is -2.27. The van der Waals surface area contributed by atoms with Crippen LogP contribution in [0.3, 0.4) is 0 Å². The normalized spacial score (nSPS) is 24.8. The highest BCUT2D eigenvalue weighted by atomic mass is 16.4. The molecule has 2 heterocycles. The first-order valence-electron chi connectivity index (χ1n) is 6.98. The van der Waals surface area contributed by atoms with Gasteiger partial charge in [-0.2, -0.15) is 0 Å². The minimum Gasteiger partial charge on any atom is -0.462 e. The predicted molar refractivity (Wildman–Crippen MR) is 69.0 cm³/mol. The maximum Gasteiger partial charge on any atom is 0.129 e. The lowest BCUT2D eigenvalue weighted by Gasteiger charge is -2.14. The van der Waals surface area contributed by atoms with Crippen molar-refractivity contribution in [1.82, 2.24) is 10.2 Å². The fourth-order valence-electron chi connectivity index (χ4n) is 2.80. The first-order valence-corrected chi connectivity index (χ1v) is 6.98. The van der Waals surface area contributed by atoms with Crippen LogP contribution in [0.1, 0.15) is 30.8 Å². The molecule has 1 aromatic rings. The van der Waals surface area contributed by atoms with Gasteiger partial charge in [0.25, 0.3) is 0 Å². The Hall–Kier alpha value is -0.840. The Morgan fingerprint density at radius 3 is 2.83 bits per heavy atom. The Morgan fingerprint density at radius 1 is 1.28 bits per heavy atom. The molecule has 0 amide bonds. The average molecular weight is 250 g/mol. The van der Waals surface area contributed by atoms with Crippen LogP contribution >= 0.6 is 0 Å². The summed E-state index contributed by atoms with van der Waals surface area (Å²) in [7, 11) is 0. The second-order valence-electron chi connectivity index (χ2n) is 5.54. The summed E-state index contributed by atoms with van der Waals surface area (Å²) < 4.78 is 5.44. The summed E-state index contributed by atoms with van der Waals surface area (Å²) in [4.78, 5) is 2.64. The van der Waals surface area contributed by atoms with Gasteiger partial charge in [0.15, 0.2) is 0 Å². The van der Waals surface area contributed by atoms with E-state index < -0.39 is 0 Å².